The first-order valence-electron chi connectivity index (χ1n) is 4.07. The number of hydrogen-bond acceptors (Lipinski definition) is 3. The fourth-order valence-electron chi connectivity index (χ4n) is 0.693. The van der Waals surface area contributed by atoms with Gasteiger partial charge in [0.1, 0.15) is 0 Å². The van der Waals surface area contributed by atoms with E-state index in [1.54, 1.807) is 13.8 Å². The van der Waals surface area contributed by atoms with Gasteiger partial charge in [0.2, 0.25) is 0 Å². The molecule has 3 nitrogen and oxygen atoms in total. The molecular weight excluding hydrogens is 142 g/mol. The zero-order valence-corrected chi connectivity index (χ0v) is 7.70. The van der Waals surface area contributed by atoms with Crippen LogP contribution in [-0.2, 0) is 0 Å². The lowest BCUT2D eigenvalue weighted by atomic mass is 10.1. The molecule has 11 heavy (non-hydrogen) atoms. The third kappa shape index (κ3) is 4.35. The van der Waals surface area contributed by atoms with Gasteiger partial charge in [-0.3, -0.25) is 0 Å². The molecule has 0 rings (SSSR count). The van der Waals surface area contributed by atoms with E-state index >= 15 is 0 Å². The lowest BCUT2D eigenvalue weighted by Gasteiger charge is -2.23. The van der Waals surface area contributed by atoms with Gasteiger partial charge >= 0.3 is 0 Å². The Morgan fingerprint density at radius 2 is 1.09 bits per heavy atom. The van der Waals surface area contributed by atoms with E-state index in [2.05, 4.69) is 5.32 Å². The Balaban J connectivity index is 3.66. The Hall–Kier alpha value is -0.120. The zero-order chi connectivity index (χ0) is 9.02. The summed E-state index contributed by atoms with van der Waals surface area (Å²) >= 11 is 0. The van der Waals surface area contributed by atoms with E-state index in [1.807, 2.05) is 13.8 Å². The smallest absolute Gasteiger partial charge is 0.0662 e. The van der Waals surface area contributed by atoms with E-state index in [-0.39, 0.29) is 24.3 Å². The van der Waals surface area contributed by atoms with Gasteiger partial charge in [-0.1, -0.05) is 0 Å². The molecule has 0 saturated heterocycles. The number of aliphatic hydroxyl groups excluding tert-OH is 2. The number of rotatable bonds is 4. The van der Waals surface area contributed by atoms with Crippen LogP contribution in [0.5, 0.6) is 0 Å². The van der Waals surface area contributed by atoms with Crippen molar-refractivity contribution in [3.8, 4) is 0 Å². The third-order valence-electron chi connectivity index (χ3n) is 1.97. The van der Waals surface area contributed by atoms with Gasteiger partial charge in [0.05, 0.1) is 12.2 Å². The first kappa shape index (κ1) is 10.9. The minimum absolute atomic E-state index is 0.0274. The van der Waals surface area contributed by atoms with Crippen LogP contribution in [0.4, 0.5) is 0 Å². The highest BCUT2D eigenvalue weighted by molar-refractivity contribution is 4.74. The molecule has 3 N–H and O–H groups in total. The van der Waals surface area contributed by atoms with Crippen LogP contribution in [-0.4, -0.2) is 34.5 Å². The van der Waals surface area contributed by atoms with Gasteiger partial charge in [0.15, 0.2) is 0 Å². The van der Waals surface area contributed by atoms with Gasteiger partial charge in [0, 0.05) is 12.1 Å². The van der Waals surface area contributed by atoms with E-state index in [0.29, 0.717) is 0 Å². The molecule has 68 valence electrons. The largest absolute Gasteiger partial charge is 0.392 e. The molecule has 4 atom stereocenters. The second-order valence-corrected chi connectivity index (χ2v) is 3.23. The molecule has 0 saturated carbocycles. The Labute approximate surface area is 68.4 Å². The summed E-state index contributed by atoms with van der Waals surface area (Å²) in [5.74, 6) is 0. The highest BCUT2D eigenvalue weighted by Gasteiger charge is 2.14. The minimum atomic E-state index is -0.379. The van der Waals surface area contributed by atoms with Crippen LogP contribution in [0.3, 0.4) is 0 Å². The molecule has 0 heterocycles. The van der Waals surface area contributed by atoms with Crippen molar-refractivity contribution in [2.24, 2.45) is 0 Å². The summed E-state index contributed by atoms with van der Waals surface area (Å²) in [4.78, 5) is 0. The summed E-state index contributed by atoms with van der Waals surface area (Å²) < 4.78 is 0. The van der Waals surface area contributed by atoms with E-state index in [4.69, 9.17) is 10.2 Å². The van der Waals surface area contributed by atoms with E-state index in [1.165, 1.54) is 0 Å². The summed E-state index contributed by atoms with van der Waals surface area (Å²) in [5, 5.41) is 21.3. The van der Waals surface area contributed by atoms with Crippen LogP contribution < -0.4 is 5.32 Å². The van der Waals surface area contributed by atoms with Gasteiger partial charge in [-0.15, -0.1) is 0 Å². The Kier molecular flexibility index (Phi) is 4.65. The summed E-state index contributed by atoms with van der Waals surface area (Å²) in [6, 6.07) is 0.0548. The van der Waals surface area contributed by atoms with Gasteiger partial charge in [-0.2, -0.15) is 0 Å². The average molecular weight is 161 g/mol. The molecule has 0 aliphatic carbocycles. The zero-order valence-electron chi connectivity index (χ0n) is 7.70. The summed E-state index contributed by atoms with van der Waals surface area (Å²) in [6.45, 7) is 7.24. The van der Waals surface area contributed by atoms with Crippen molar-refractivity contribution in [3.63, 3.8) is 0 Å². The van der Waals surface area contributed by atoms with Gasteiger partial charge in [-0.05, 0) is 27.7 Å². The van der Waals surface area contributed by atoms with Crippen LogP contribution in [0.1, 0.15) is 27.7 Å². The third-order valence-corrected chi connectivity index (χ3v) is 1.97. The van der Waals surface area contributed by atoms with E-state index in [0.717, 1.165) is 0 Å². The standard InChI is InChI=1S/C8H19NO2/c1-5(7(3)10)9-6(2)8(4)11/h5-11H,1-4H3/t5-,6-,7-,8+/m0/s1. The van der Waals surface area contributed by atoms with Crippen LogP contribution in [0, 0.1) is 0 Å². The molecule has 0 unspecified atom stereocenters. The van der Waals surface area contributed by atoms with Crippen LogP contribution >= 0.6 is 0 Å². The predicted octanol–water partition coefficient (Wildman–Crippen LogP) is 0.115. The van der Waals surface area contributed by atoms with Crippen molar-refractivity contribution < 1.29 is 10.2 Å². The minimum Gasteiger partial charge on any atom is -0.392 e. The maximum absolute atomic E-state index is 9.11. The molecular formula is C8H19NO2. The fourth-order valence-corrected chi connectivity index (χ4v) is 0.693. The summed E-state index contributed by atoms with van der Waals surface area (Å²) in [6.07, 6.45) is -0.757. The summed E-state index contributed by atoms with van der Waals surface area (Å²) in [5.41, 5.74) is 0. The second-order valence-electron chi connectivity index (χ2n) is 3.23. The van der Waals surface area contributed by atoms with Crippen molar-refractivity contribution in [2.45, 2.75) is 52.0 Å². The highest BCUT2D eigenvalue weighted by atomic mass is 16.3. The summed E-state index contributed by atoms with van der Waals surface area (Å²) in [7, 11) is 0. The van der Waals surface area contributed by atoms with Gasteiger partial charge in [-0.25, -0.2) is 0 Å². The molecule has 0 aromatic rings. The number of hydrogen-bond donors (Lipinski definition) is 3. The Bertz CT molecular complexity index is 92.3. The van der Waals surface area contributed by atoms with Crippen LogP contribution in [0.2, 0.25) is 0 Å². The first-order chi connectivity index (χ1) is 4.95. The molecule has 0 fully saturated rings. The number of nitrogens with one attached hydrogen (secondary N) is 1. The molecule has 0 spiro atoms. The maximum atomic E-state index is 9.11. The van der Waals surface area contributed by atoms with Crippen molar-refractivity contribution >= 4 is 0 Å². The molecule has 0 aromatic carbocycles. The van der Waals surface area contributed by atoms with Crippen LogP contribution in [0.25, 0.3) is 0 Å². The lowest BCUT2D eigenvalue weighted by Crippen LogP contribution is -2.45. The SMILES string of the molecule is C[C@H](O)[C@H](C)N[C@@H](C)[C@@H](C)O. The van der Waals surface area contributed by atoms with Crippen molar-refractivity contribution in [1.29, 1.82) is 0 Å². The van der Waals surface area contributed by atoms with Crippen molar-refractivity contribution in [1.82, 2.24) is 5.32 Å². The number of aliphatic hydroxyl groups is 2. The fraction of sp³-hybridized carbons (Fsp3) is 1.00. The molecule has 0 aromatic heterocycles. The molecule has 0 aliphatic heterocycles. The highest BCUT2D eigenvalue weighted by Crippen LogP contribution is 1.96. The molecule has 0 amide bonds. The Morgan fingerprint density at radius 3 is 1.27 bits per heavy atom. The Morgan fingerprint density at radius 1 is 0.818 bits per heavy atom. The van der Waals surface area contributed by atoms with Crippen LogP contribution in [0.15, 0.2) is 0 Å². The van der Waals surface area contributed by atoms with Gasteiger partial charge < -0.3 is 15.5 Å². The average Bonchev–Trinajstić information content (AvgIpc) is 1.87. The van der Waals surface area contributed by atoms with Gasteiger partial charge in [0.25, 0.3) is 0 Å². The maximum Gasteiger partial charge on any atom is 0.0662 e. The normalized spacial score (nSPS) is 22.4. The first-order valence-corrected chi connectivity index (χ1v) is 4.07. The second kappa shape index (κ2) is 4.70. The monoisotopic (exact) mass is 161 g/mol. The molecule has 0 aliphatic rings. The molecule has 3 heteroatoms. The molecule has 0 bridgehead atoms. The van der Waals surface area contributed by atoms with E-state index in [9.17, 15) is 0 Å². The topological polar surface area (TPSA) is 52.5 Å². The van der Waals surface area contributed by atoms with E-state index < -0.39 is 0 Å². The van der Waals surface area contributed by atoms with Crippen molar-refractivity contribution in [3.05, 3.63) is 0 Å². The predicted molar refractivity (Wildman–Crippen MR) is 45.4 cm³/mol. The quantitative estimate of drug-likeness (QED) is 0.548. The lowest BCUT2D eigenvalue weighted by molar-refractivity contribution is 0.109. The van der Waals surface area contributed by atoms with Crippen molar-refractivity contribution in [2.75, 3.05) is 0 Å². The molecule has 0 radical (unpaired) electrons.